The summed E-state index contributed by atoms with van der Waals surface area (Å²) in [6.45, 7) is 0. The summed E-state index contributed by atoms with van der Waals surface area (Å²) in [5.74, 6) is 0. The van der Waals surface area contributed by atoms with Gasteiger partial charge in [0.25, 0.3) is 0 Å². The number of hydrogen-bond donors (Lipinski definition) is 0. The molecule has 0 aliphatic rings. The molecule has 45 heavy (non-hydrogen) atoms. The van der Waals surface area contributed by atoms with E-state index in [-0.39, 0.29) is 0 Å². The first kappa shape index (κ1) is 26.7. The van der Waals surface area contributed by atoms with Gasteiger partial charge >= 0.3 is 0 Å². The molecule has 0 heterocycles. The maximum Gasteiger partial charge on any atom is 0.0546 e. The summed E-state index contributed by atoms with van der Waals surface area (Å²) in [5, 5.41) is 4.92. The van der Waals surface area contributed by atoms with Gasteiger partial charge in [-0.3, -0.25) is 0 Å². The third kappa shape index (κ3) is 5.15. The highest BCUT2D eigenvalue weighted by Crippen LogP contribution is 2.43. The van der Waals surface area contributed by atoms with Crippen molar-refractivity contribution in [3.05, 3.63) is 188 Å². The molecule has 0 aromatic heterocycles. The minimum absolute atomic E-state index is 1.11. The molecule has 8 aromatic carbocycles. The fourth-order valence-electron chi connectivity index (χ4n) is 6.40. The fourth-order valence-corrected chi connectivity index (χ4v) is 6.40. The van der Waals surface area contributed by atoms with Crippen molar-refractivity contribution in [3.63, 3.8) is 0 Å². The zero-order valence-electron chi connectivity index (χ0n) is 24.8. The van der Waals surface area contributed by atoms with Gasteiger partial charge < -0.3 is 4.90 Å². The molecule has 212 valence electrons. The SMILES string of the molecule is c1ccc(-c2ccc(N(c3ccc(-c4ccccc4)cc3)c3cc(-c4cccc5ccccc45)cc4ccccc34)cc2)cc1. The highest BCUT2D eigenvalue weighted by molar-refractivity contribution is 6.05. The Balaban J connectivity index is 1.33. The number of rotatable bonds is 6. The summed E-state index contributed by atoms with van der Waals surface area (Å²) >= 11 is 0. The van der Waals surface area contributed by atoms with E-state index in [1.807, 2.05) is 0 Å². The topological polar surface area (TPSA) is 3.24 Å². The third-order valence-corrected chi connectivity index (χ3v) is 8.65. The number of hydrogen-bond acceptors (Lipinski definition) is 1. The van der Waals surface area contributed by atoms with Crippen molar-refractivity contribution in [1.82, 2.24) is 0 Å². The van der Waals surface area contributed by atoms with Crippen LogP contribution in [0, 0.1) is 0 Å². The summed E-state index contributed by atoms with van der Waals surface area (Å²) in [6.07, 6.45) is 0. The van der Waals surface area contributed by atoms with Crippen molar-refractivity contribution < 1.29 is 0 Å². The molecule has 0 fully saturated rings. The second-order valence-electron chi connectivity index (χ2n) is 11.4. The van der Waals surface area contributed by atoms with Gasteiger partial charge in [0.05, 0.1) is 5.69 Å². The molecule has 1 nitrogen and oxygen atoms in total. The summed E-state index contributed by atoms with van der Waals surface area (Å²) in [5.41, 5.74) is 10.6. The minimum Gasteiger partial charge on any atom is -0.310 e. The van der Waals surface area contributed by atoms with E-state index < -0.39 is 0 Å². The van der Waals surface area contributed by atoms with Gasteiger partial charge in [-0.1, -0.05) is 152 Å². The highest BCUT2D eigenvalue weighted by Gasteiger charge is 2.18. The molecule has 0 saturated carbocycles. The van der Waals surface area contributed by atoms with Gasteiger partial charge in [-0.15, -0.1) is 0 Å². The van der Waals surface area contributed by atoms with E-state index in [4.69, 9.17) is 0 Å². The van der Waals surface area contributed by atoms with Crippen LogP contribution < -0.4 is 4.90 Å². The molecule has 0 N–H and O–H groups in total. The molecule has 0 radical (unpaired) electrons. The molecule has 8 rings (SSSR count). The van der Waals surface area contributed by atoms with Crippen molar-refractivity contribution in [2.24, 2.45) is 0 Å². The van der Waals surface area contributed by atoms with Crippen LogP contribution in [0.25, 0.3) is 54.9 Å². The van der Waals surface area contributed by atoms with Crippen molar-refractivity contribution in [2.45, 2.75) is 0 Å². The largest absolute Gasteiger partial charge is 0.310 e. The van der Waals surface area contributed by atoms with Crippen molar-refractivity contribution >= 4 is 38.6 Å². The van der Waals surface area contributed by atoms with Crippen LogP contribution in [0.3, 0.4) is 0 Å². The van der Waals surface area contributed by atoms with E-state index in [0.717, 1.165) is 17.1 Å². The second kappa shape index (κ2) is 11.6. The lowest BCUT2D eigenvalue weighted by atomic mass is 9.94. The first-order chi connectivity index (χ1) is 22.3. The Morgan fingerprint density at radius 1 is 0.289 bits per heavy atom. The Labute approximate surface area is 264 Å². The minimum atomic E-state index is 1.11. The molecule has 8 aromatic rings. The van der Waals surface area contributed by atoms with E-state index in [0.29, 0.717) is 0 Å². The molecule has 0 saturated heterocycles. The lowest BCUT2D eigenvalue weighted by molar-refractivity contribution is 1.30. The van der Waals surface area contributed by atoms with Crippen LogP contribution >= 0.6 is 0 Å². The van der Waals surface area contributed by atoms with Gasteiger partial charge in [-0.05, 0) is 85.9 Å². The fraction of sp³-hybridized carbons (Fsp3) is 0. The summed E-state index contributed by atoms with van der Waals surface area (Å²) in [4.78, 5) is 2.40. The molecular weight excluding hydrogens is 542 g/mol. The first-order valence-corrected chi connectivity index (χ1v) is 15.4. The Morgan fingerprint density at radius 3 is 1.36 bits per heavy atom. The molecule has 0 spiro atoms. The number of nitrogens with zero attached hydrogens (tertiary/aromatic N) is 1. The number of fused-ring (bicyclic) bond motifs is 2. The summed E-state index contributed by atoms with van der Waals surface area (Å²) in [7, 11) is 0. The monoisotopic (exact) mass is 573 g/mol. The van der Waals surface area contributed by atoms with Crippen LogP contribution in [0.2, 0.25) is 0 Å². The van der Waals surface area contributed by atoms with Crippen molar-refractivity contribution in [1.29, 1.82) is 0 Å². The van der Waals surface area contributed by atoms with E-state index in [1.54, 1.807) is 0 Å². The van der Waals surface area contributed by atoms with Gasteiger partial charge in [0.2, 0.25) is 0 Å². The van der Waals surface area contributed by atoms with Crippen LogP contribution in [-0.2, 0) is 0 Å². The first-order valence-electron chi connectivity index (χ1n) is 15.4. The van der Waals surface area contributed by atoms with E-state index >= 15 is 0 Å². The van der Waals surface area contributed by atoms with Gasteiger partial charge in [-0.25, -0.2) is 0 Å². The van der Waals surface area contributed by atoms with Crippen molar-refractivity contribution in [3.8, 4) is 33.4 Å². The van der Waals surface area contributed by atoms with Gasteiger partial charge in [-0.2, -0.15) is 0 Å². The zero-order valence-corrected chi connectivity index (χ0v) is 24.8. The lowest BCUT2D eigenvalue weighted by Crippen LogP contribution is -2.10. The quantitative estimate of drug-likeness (QED) is 0.191. The smallest absolute Gasteiger partial charge is 0.0546 e. The molecule has 0 unspecified atom stereocenters. The van der Waals surface area contributed by atoms with Crippen LogP contribution in [0.4, 0.5) is 17.1 Å². The zero-order chi connectivity index (χ0) is 30.0. The molecule has 0 atom stereocenters. The average molecular weight is 574 g/mol. The predicted octanol–water partition coefficient (Wildman–Crippen LogP) is 12.5. The third-order valence-electron chi connectivity index (χ3n) is 8.65. The van der Waals surface area contributed by atoms with Gasteiger partial charge in [0.1, 0.15) is 0 Å². The van der Waals surface area contributed by atoms with Crippen LogP contribution in [-0.4, -0.2) is 0 Å². The average Bonchev–Trinajstić information content (AvgIpc) is 3.13. The Kier molecular flexibility index (Phi) is 6.90. The van der Waals surface area contributed by atoms with Gasteiger partial charge in [0, 0.05) is 16.8 Å². The Bertz CT molecular complexity index is 2150. The van der Waals surface area contributed by atoms with E-state index in [9.17, 15) is 0 Å². The number of benzene rings is 8. The maximum atomic E-state index is 2.40. The normalized spacial score (nSPS) is 11.1. The lowest BCUT2D eigenvalue weighted by Gasteiger charge is -2.28. The molecule has 0 bridgehead atoms. The molecule has 0 amide bonds. The standard InChI is InChI=1S/C44H31N/c1-3-12-32(13-4-1)34-22-26-39(27-23-34)45(40-28-24-35(25-29-40)33-14-5-2-6-15-33)44-31-38(30-37-17-8-10-20-43(37)44)42-21-11-18-36-16-7-9-19-41(36)42/h1-31H. The van der Waals surface area contributed by atoms with Crippen LogP contribution in [0.1, 0.15) is 0 Å². The molecule has 0 aliphatic heterocycles. The van der Waals surface area contributed by atoms with E-state index in [1.165, 1.54) is 54.9 Å². The Hall–Kier alpha value is -5.92. The Morgan fingerprint density at radius 2 is 0.756 bits per heavy atom. The molecule has 0 aliphatic carbocycles. The molecular formula is C44H31N. The second-order valence-corrected chi connectivity index (χ2v) is 11.4. The predicted molar refractivity (Wildman–Crippen MR) is 192 cm³/mol. The van der Waals surface area contributed by atoms with Crippen LogP contribution in [0.5, 0.6) is 0 Å². The summed E-state index contributed by atoms with van der Waals surface area (Å²) < 4.78 is 0. The summed E-state index contributed by atoms with van der Waals surface area (Å²) in [6, 6.07) is 67.7. The molecule has 1 heteroatoms. The van der Waals surface area contributed by atoms with Crippen molar-refractivity contribution in [2.75, 3.05) is 4.90 Å². The van der Waals surface area contributed by atoms with Gasteiger partial charge in [0.15, 0.2) is 0 Å². The number of anilines is 3. The maximum absolute atomic E-state index is 2.40. The van der Waals surface area contributed by atoms with Crippen LogP contribution in [0.15, 0.2) is 188 Å². The van der Waals surface area contributed by atoms with E-state index in [2.05, 4.69) is 193 Å². The highest BCUT2D eigenvalue weighted by atomic mass is 15.1.